The number of benzene rings is 1. The Kier molecular flexibility index (Phi) is 8.61. The van der Waals surface area contributed by atoms with Crippen LogP contribution in [0, 0.1) is 0 Å². The predicted molar refractivity (Wildman–Crippen MR) is 93.9 cm³/mol. The van der Waals surface area contributed by atoms with Crippen LogP contribution >= 0.6 is 0 Å². The van der Waals surface area contributed by atoms with E-state index in [9.17, 15) is 15.0 Å². The fraction of sp³-hybridized carbons (Fsp3) is 0.632. The molecule has 0 bridgehead atoms. The lowest BCUT2D eigenvalue weighted by atomic mass is 9.89. The molecule has 0 amide bonds. The second-order valence-corrected chi connectivity index (χ2v) is 5.82. The Balaban J connectivity index is 3.13. The van der Waals surface area contributed by atoms with Crippen LogP contribution in [-0.2, 0) is 24.2 Å². The summed E-state index contributed by atoms with van der Waals surface area (Å²) < 4.78 is 0. The molecule has 1 aromatic rings. The molecule has 0 heterocycles. The Bertz CT molecular complexity index is 551. The summed E-state index contributed by atoms with van der Waals surface area (Å²) in [6.45, 7) is 8.39. The molecular weight excluding hydrogens is 308 g/mol. The van der Waals surface area contributed by atoms with Crippen molar-refractivity contribution in [1.29, 1.82) is 0 Å². The van der Waals surface area contributed by atoms with Crippen molar-refractivity contribution < 1.29 is 24.8 Å². The van der Waals surface area contributed by atoms with Crippen molar-refractivity contribution in [3.63, 3.8) is 0 Å². The average molecular weight is 338 g/mol. The first-order valence-corrected chi connectivity index (χ1v) is 8.95. The zero-order chi connectivity index (χ0) is 18.1. The molecule has 0 aromatic heterocycles. The molecular formula is C19H30O5. The summed E-state index contributed by atoms with van der Waals surface area (Å²) in [5.41, 5.74) is 2.36. The molecule has 136 valence electrons. The van der Waals surface area contributed by atoms with Gasteiger partial charge in [0.15, 0.2) is 5.75 Å². The molecule has 0 aliphatic heterocycles. The fourth-order valence-electron chi connectivity index (χ4n) is 3.07. The van der Waals surface area contributed by atoms with Crippen LogP contribution in [0.2, 0.25) is 0 Å². The highest BCUT2D eigenvalue weighted by Gasteiger charge is 2.26. The maximum Gasteiger partial charge on any atom is 0.339 e. The second-order valence-electron chi connectivity index (χ2n) is 5.82. The molecule has 0 unspecified atom stereocenters. The van der Waals surface area contributed by atoms with Crippen molar-refractivity contribution in [1.82, 2.24) is 0 Å². The summed E-state index contributed by atoms with van der Waals surface area (Å²) in [4.78, 5) is 22.2. The van der Waals surface area contributed by atoms with E-state index in [1.165, 1.54) is 0 Å². The highest BCUT2D eigenvalue weighted by molar-refractivity contribution is 5.94. The highest BCUT2D eigenvalue weighted by atomic mass is 17.2. The first kappa shape index (κ1) is 20.3. The maximum absolute atomic E-state index is 11.6. The van der Waals surface area contributed by atoms with E-state index in [1.807, 2.05) is 20.8 Å². The van der Waals surface area contributed by atoms with Gasteiger partial charge in [-0.25, -0.2) is 4.79 Å². The molecule has 0 saturated heterocycles. The van der Waals surface area contributed by atoms with Gasteiger partial charge in [-0.15, -0.1) is 0 Å². The van der Waals surface area contributed by atoms with Gasteiger partial charge in [-0.3, -0.25) is 0 Å². The topological polar surface area (TPSA) is 76.0 Å². The molecule has 1 rings (SSSR count). The van der Waals surface area contributed by atoms with E-state index in [2.05, 4.69) is 6.92 Å². The van der Waals surface area contributed by atoms with Gasteiger partial charge < -0.3 is 15.1 Å². The van der Waals surface area contributed by atoms with E-state index < -0.39 is 5.97 Å². The van der Waals surface area contributed by atoms with Crippen molar-refractivity contribution in [3.8, 4) is 11.5 Å². The number of hydrogen-bond acceptors (Lipinski definition) is 4. The zero-order valence-corrected chi connectivity index (χ0v) is 15.3. The van der Waals surface area contributed by atoms with Gasteiger partial charge in [-0.1, -0.05) is 47.0 Å². The van der Waals surface area contributed by atoms with Crippen LogP contribution in [0.25, 0.3) is 0 Å². The summed E-state index contributed by atoms with van der Waals surface area (Å²) in [5, 5.41) is 20.0. The van der Waals surface area contributed by atoms with Crippen LogP contribution in [0.4, 0.5) is 0 Å². The van der Waals surface area contributed by atoms with E-state index in [-0.39, 0.29) is 17.1 Å². The molecule has 1 aromatic carbocycles. The summed E-state index contributed by atoms with van der Waals surface area (Å²) >= 11 is 0. The SMILES string of the molecule is CCCCCCOOc1c(O)c(C(=O)O)c(CC)c(CC)c1CC. The lowest BCUT2D eigenvalue weighted by Gasteiger charge is -2.20. The second kappa shape index (κ2) is 10.2. The Hall–Kier alpha value is -1.75. The van der Waals surface area contributed by atoms with Crippen LogP contribution in [0.5, 0.6) is 11.5 Å². The number of aromatic carboxylic acids is 1. The Morgan fingerprint density at radius 2 is 1.54 bits per heavy atom. The zero-order valence-electron chi connectivity index (χ0n) is 15.3. The van der Waals surface area contributed by atoms with Gasteiger partial charge in [0, 0.05) is 5.56 Å². The molecule has 5 heteroatoms. The molecule has 5 nitrogen and oxygen atoms in total. The number of carboxylic acid groups (broad SMARTS) is 1. The van der Waals surface area contributed by atoms with E-state index in [0.717, 1.165) is 36.8 Å². The van der Waals surface area contributed by atoms with Gasteiger partial charge in [0.05, 0.1) is 6.61 Å². The van der Waals surface area contributed by atoms with Gasteiger partial charge in [-0.05, 0) is 36.8 Å². The minimum atomic E-state index is -1.14. The molecule has 0 spiro atoms. The summed E-state index contributed by atoms with van der Waals surface area (Å²) in [7, 11) is 0. The molecule has 24 heavy (non-hydrogen) atoms. The van der Waals surface area contributed by atoms with Gasteiger partial charge in [0.25, 0.3) is 0 Å². The van der Waals surface area contributed by atoms with E-state index in [1.54, 1.807) is 0 Å². The average Bonchev–Trinajstić information content (AvgIpc) is 2.57. The largest absolute Gasteiger partial charge is 0.504 e. The lowest BCUT2D eigenvalue weighted by molar-refractivity contribution is -0.208. The summed E-state index contributed by atoms with van der Waals surface area (Å²) in [5.74, 6) is -1.32. The maximum atomic E-state index is 11.6. The highest BCUT2D eigenvalue weighted by Crippen LogP contribution is 2.40. The normalized spacial score (nSPS) is 10.8. The molecule has 2 N–H and O–H groups in total. The first-order valence-electron chi connectivity index (χ1n) is 8.95. The number of phenols is 1. The van der Waals surface area contributed by atoms with E-state index in [4.69, 9.17) is 9.78 Å². The van der Waals surface area contributed by atoms with E-state index >= 15 is 0 Å². The first-order chi connectivity index (χ1) is 11.5. The van der Waals surface area contributed by atoms with Gasteiger partial charge in [0.2, 0.25) is 5.75 Å². The Morgan fingerprint density at radius 3 is 2.04 bits per heavy atom. The minimum absolute atomic E-state index is 0.0730. The predicted octanol–water partition coefficient (Wildman–Crippen LogP) is 4.67. The standard InChI is InChI=1S/C19H30O5/c1-5-9-10-11-12-23-24-18-15(8-4)13(6-2)14(7-3)16(17(18)20)19(21)22/h20H,5-12H2,1-4H3,(H,21,22). The van der Waals surface area contributed by atoms with Crippen LogP contribution in [0.15, 0.2) is 0 Å². The smallest absolute Gasteiger partial charge is 0.339 e. The quantitative estimate of drug-likeness (QED) is 0.348. The molecule has 0 aliphatic rings. The number of carboxylic acids is 1. The Labute approximate surface area is 144 Å². The Morgan fingerprint density at radius 1 is 0.917 bits per heavy atom. The number of carbonyl (C=O) groups is 1. The van der Waals surface area contributed by atoms with Crippen LogP contribution in [0.3, 0.4) is 0 Å². The number of aromatic hydroxyl groups is 1. The molecule has 0 fully saturated rings. The van der Waals surface area contributed by atoms with Crippen molar-refractivity contribution in [2.75, 3.05) is 6.61 Å². The third-order valence-corrected chi connectivity index (χ3v) is 4.25. The third kappa shape index (κ3) is 4.63. The molecule has 0 atom stereocenters. The number of rotatable bonds is 11. The fourth-order valence-corrected chi connectivity index (χ4v) is 3.07. The monoisotopic (exact) mass is 338 g/mol. The third-order valence-electron chi connectivity index (χ3n) is 4.25. The van der Waals surface area contributed by atoms with Crippen molar-refractivity contribution in [2.45, 2.75) is 72.6 Å². The van der Waals surface area contributed by atoms with Crippen LogP contribution in [0.1, 0.15) is 80.4 Å². The van der Waals surface area contributed by atoms with Gasteiger partial charge >= 0.3 is 5.97 Å². The summed E-state index contributed by atoms with van der Waals surface area (Å²) in [6, 6.07) is 0. The molecule has 0 saturated carbocycles. The van der Waals surface area contributed by atoms with Crippen molar-refractivity contribution in [2.24, 2.45) is 0 Å². The van der Waals surface area contributed by atoms with Gasteiger partial charge in [0.1, 0.15) is 5.56 Å². The molecule has 0 radical (unpaired) electrons. The number of unbranched alkanes of at least 4 members (excludes halogenated alkanes) is 3. The van der Waals surface area contributed by atoms with Crippen LogP contribution in [-0.4, -0.2) is 22.8 Å². The summed E-state index contributed by atoms with van der Waals surface area (Å²) in [6.07, 6.45) is 6.07. The van der Waals surface area contributed by atoms with Gasteiger partial charge in [-0.2, -0.15) is 4.89 Å². The lowest BCUT2D eigenvalue weighted by Crippen LogP contribution is -2.12. The van der Waals surface area contributed by atoms with Crippen molar-refractivity contribution in [3.05, 3.63) is 22.3 Å². The minimum Gasteiger partial charge on any atom is -0.504 e. The van der Waals surface area contributed by atoms with Crippen molar-refractivity contribution >= 4 is 5.97 Å². The number of hydrogen-bond donors (Lipinski definition) is 2. The van der Waals surface area contributed by atoms with Crippen LogP contribution < -0.4 is 4.89 Å². The molecule has 0 aliphatic carbocycles. The van der Waals surface area contributed by atoms with E-state index in [0.29, 0.717) is 31.4 Å².